The molecule has 7 nitrogen and oxygen atoms in total. The molecule has 1 heterocycles. The van der Waals surface area contributed by atoms with Gasteiger partial charge in [0.05, 0.1) is 17.9 Å². The summed E-state index contributed by atoms with van der Waals surface area (Å²) in [6.07, 6.45) is -4.69. The van der Waals surface area contributed by atoms with Crippen LogP contribution in [0.1, 0.15) is 19.4 Å². The molecule has 1 aromatic rings. The number of benzene rings is 1. The highest BCUT2D eigenvalue weighted by molar-refractivity contribution is 5.98. The van der Waals surface area contributed by atoms with Crippen LogP contribution in [0.5, 0.6) is 0 Å². The predicted molar refractivity (Wildman–Crippen MR) is 99.0 cm³/mol. The number of likely N-dealkylation sites (N-methyl/N-ethyl adjacent to an activating group) is 1. The van der Waals surface area contributed by atoms with Gasteiger partial charge in [-0.25, -0.2) is 0 Å². The molecule has 2 rings (SSSR count). The number of nitrogens with one attached hydrogen (secondary N) is 1. The van der Waals surface area contributed by atoms with Crippen molar-refractivity contribution < 1.29 is 27.5 Å². The van der Waals surface area contributed by atoms with Gasteiger partial charge in [0, 0.05) is 18.8 Å². The average Bonchev–Trinajstić information content (AvgIpc) is 2.65. The van der Waals surface area contributed by atoms with Gasteiger partial charge in [-0.05, 0) is 31.3 Å². The van der Waals surface area contributed by atoms with Crippen LogP contribution in [0, 0.1) is 0 Å². The molecule has 1 aromatic carbocycles. The number of rotatable bonds is 7. The van der Waals surface area contributed by atoms with Crippen molar-refractivity contribution >= 4 is 23.2 Å². The van der Waals surface area contributed by atoms with Crippen LogP contribution in [0.15, 0.2) is 18.2 Å². The number of morpholine rings is 1. The lowest BCUT2D eigenvalue weighted by Crippen LogP contribution is -2.48. The zero-order valence-corrected chi connectivity index (χ0v) is 15.9. The first kappa shape index (κ1) is 22.1. The van der Waals surface area contributed by atoms with E-state index in [1.807, 2.05) is 18.7 Å². The zero-order chi connectivity index (χ0) is 20.9. The third-order valence-corrected chi connectivity index (χ3v) is 4.63. The minimum atomic E-state index is -4.69. The molecule has 1 fully saturated rings. The maximum atomic E-state index is 13.6. The molecule has 10 heteroatoms. The molecule has 0 aromatic heterocycles. The number of ether oxygens (including phenoxy) is 1. The van der Waals surface area contributed by atoms with E-state index in [9.17, 15) is 22.8 Å². The molecule has 1 aliphatic rings. The number of nitrogens with two attached hydrogens (primary N) is 1. The minimum absolute atomic E-state index is 0.00705. The molecule has 3 N–H and O–H groups in total. The van der Waals surface area contributed by atoms with Crippen molar-refractivity contribution in [3.8, 4) is 0 Å². The minimum Gasteiger partial charge on any atom is -0.370 e. The van der Waals surface area contributed by atoms with Gasteiger partial charge in [0.2, 0.25) is 5.91 Å². The van der Waals surface area contributed by atoms with Crippen LogP contribution >= 0.6 is 0 Å². The second-order valence-corrected chi connectivity index (χ2v) is 6.29. The average molecular weight is 402 g/mol. The Morgan fingerprint density at radius 2 is 2.04 bits per heavy atom. The Morgan fingerprint density at radius 3 is 2.57 bits per heavy atom. The van der Waals surface area contributed by atoms with Crippen molar-refractivity contribution in [3.63, 3.8) is 0 Å². The van der Waals surface area contributed by atoms with Gasteiger partial charge in [0.15, 0.2) is 0 Å². The molecule has 2 amide bonds. The quantitative estimate of drug-likeness (QED) is 0.725. The van der Waals surface area contributed by atoms with E-state index < -0.39 is 29.6 Å². The number of hydrogen-bond donors (Lipinski definition) is 2. The van der Waals surface area contributed by atoms with Gasteiger partial charge in [-0.2, -0.15) is 13.2 Å². The van der Waals surface area contributed by atoms with E-state index in [4.69, 9.17) is 10.5 Å². The highest BCUT2D eigenvalue weighted by Crippen LogP contribution is 2.38. The Labute approximate surface area is 161 Å². The number of halogens is 3. The number of amides is 2. The molecule has 0 radical (unpaired) electrons. The lowest BCUT2D eigenvalue weighted by atomic mass is 10.1. The van der Waals surface area contributed by atoms with Crippen LogP contribution in [-0.2, 0) is 20.5 Å². The van der Waals surface area contributed by atoms with E-state index >= 15 is 0 Å². The topological polar surface area (TPSA) is 87.9 Å². The maximum Gasteiger partial charge on any atom is 0.418 e. The summed E-state index contributed by atoms with van der Waals surface area (Å²) in [5.41, 5.74) is 4.43. The van der Waals surface area contributed by atoms with Gasteiger partial charge in [-0.1, -0.05) is 13.8 Å². The summed E-state index contributed by atoms with van der Waals surface area (Å²) < 4.78 is 45.8. The Kier molecular flexibility index (Phi) is 7.39. The number of carbonyl (C=O) groups is 2. The van der Waals surface area contributed by atoms with E-state index in [2.05, 4.69) is 5.32 Å². The summed E-state index contributed by atoms with van der Waals surface area (Å²) in [5.74, 6) is -1.02. The van der Waals surface area contributed by atoms with Crippen molar-refractivity contribution in [1.82, 2.24) is 4.90 Å². The van der Waals surface area contributed by atoms with Crippen LogP contribution in [0.3, 0.4) is 0 Å². The SMILES string of the molecule is CCN(CC)[C@@H](CN)C(=O)Nc1ccc(N2CCOCC2=O)c(C(F)(F)F)c1. The van der Waals surface area contributed by atoms with E-state index in [1.165, 1.54) is 12.1 Å². The van der Waals surface area contributed by atoms with Crippen LogP contribution in [0.4, 0.5) is 24.5 Å². The van der Waals surface area contributed by atoms with Crippen LogP contribution in [-0.4, -0.2) is 62.1 Å². The summed E-state index contributed by atoms with van der Waals surface area (Å²) in [5, 5.41) is 2.51. The van der Waals surface area contributed by atoms with E-state index in [1.54, 1.807) is 0 Å². The molecule has 0 aliphatic carbocycles. The van der Waals surface area contributed by atoms with Gasteiger partial charge in [0.25, 0.3) is 5.91 Å². The molecular formula is C18H25F3N4O3. The Balaban J connectivity index is 2.32. The standard InChI is InChI=1S/C18H25F3N4O3/c1-3-24(4-2)15(10-22)17(27)23-12-5-6-14(13(9-12)18(19,20)21)25-7-8-28-11-16(25)26/h5-6,9,15H,3-4,7-8,10-11,22H2,1-2H3,(H,23,27)/t15-/m0/s1. The van der Waals surface area contributed by atoms with E-state index in [-0.39, 0.29) is 37.7 Å². The lowest BCUT2D eigenvalue weighted by Gasteiger charge is -2.30. The number of hydrogen-bond acceptors (Lipinski definition) is 5. The number of alkyl halides is 3. The van der Waals surface area contributed by atoms with Crippen molar-refractivity contribution in [3.05, 3.63) is 23.8 Å². The number of anilines is 2. The summed E-state index contributed by atoms with van der Waals surface area (Å²) in [4.78, 5) is 27.3. The molecule has 1 atom stereocenters. The van der Waals surface area contributed by atoms with Crippen LogP contribution in [0.2, 0.25) is 0 Å². The normalized spacial score (nSPS) is 16.4. The third-order valence-electron chi connectivity index (χ3n) is 4.63. The number of carbonyl (C=O) groups excluding carboxylic acids is 2. The van der Waals surface area contributed by atoms with Crippen molar-refractivity contribution in [2.75, 3.05) is 49.6 Å². The Bertz CT molecular complexity index is 708. The first-order chi connectivity index (χ1) is 13.2. The summed E-state index contributed by atoms with van der Waals surface area (Å²) in [6.45, 7) is 4.87. The fourth-order valence-electron chi connectivity index (χ4n) is 3.16. The molecule has 0 spiro atoms. The largest absolute Gasteiger partial charge is 0.418 e. The van der Waals surface area contributed by atoms with Crippen molar-refractivity contribution in [2.24, 2.45) is 5.73 Å². The van der Waals surface area contributed by atoms with Crippen LogP contribution in [0.25, 0.3) is 0 Å². The predicted octanol–water partition coefficient (Wildman–Crippen LogP) is 1.68. The molecule has 1 saturated heterocycles. The first-order valence-electron chi connectivity index (χ1n) is 9.07. The van der Waals surface area contributed by atoms with Crippen molar-refractivity contribution in [2.45, 2.75) is 26.1 Å². The Hall–Kier alpha value is -2.17. The smallest absolute Gasteiger partial charge is 0.370 e. The number of nitrogens with zero attached hydrogens (tertiary/aromatic N) is 2. The van der Waals surface area contributed by atoms with E-state index in [0.29, 0.717) is 13.1 Å². The highest BCUT2D eigenvalue weighted by Gasteiger charge is 2.37. The fourth-order valence-corrected chi connectivity index (χ4v) is 3.16. The van der Waals surface area contributed by atoms with Gasteiger partial charge < -0.3 is 20.7 Å². The molecule has 0 unspecified atom stereocenters. The monoisotopic (exact) mass is 402 g/mol. The summed E-state index contributed by atoms with van der Waals surface area (Å²) in [7, 11) is 0. The van der Waals surface area contributed by atoms with Gasteiger partial charge in [-0.3, -0.25) is 14.5 Å². The van der Waals surface area contributed by atoms with Gasteiger partial charge >= 0.3 is 6.18 Å². The maximum absolute atomic E-state index is 13.6. The third kappa shape index (κ3) is 5.00. The van der Waals surface area contributed by atoms with Crippen molar-refractivity contribution in [1.29, 1.82) is 0 Å². The lowest BCUT2D eigenvalue weighted by molar-refractivity contribution is -0.137. The van der Waals surface area contributed by atoms with Gasteiger partial charge in [-0.15, -0.1) is 0 Å². The molecule has 0 bridgehead atoms. The second kappa shape index (κ2) is 9.35. The molecule has 1 aliphatic heterocycles. The zero-order valence-electron chi connectivity index (χ0n) is 15.9. The summed E-state index contributed by atoms with van der Waals surface area (Å²) in [6, 6.07) is 2.73. The highest BCUT2D eigenvalue weighted by atomic mass is 19.4. The van der Waals surface area contributed by atoms with Crippen LogP contribution < -0.4 is 16.0 Å². The molecule has 28 heavy (non-hydrogen) atoms. The van der Waals surface area contributed by atoms with Gasteiger partial charge in [0.1, 0.15) is 12.6 Å². The summed E-state index contributed by atoms with van der Waals surface area (Å²) >= 11 is 0. The molecule has 156 valence electrons. The molecule has 0 saturated carbocycles. The fraction of sp³-hybridized carbons (Fsp3) is 0.556. The molecular weight excluding hydrogens is 377 g/mol. The second-order valence-electron chi connectivity index (χ2n) is 6.29. The first-order valence-corrected chi connectivity index (χ1v) is 9.07. The Morgan fingerprint density at radius 1 is 1.36 bits per heavy atom. The van der Waals surface area contributed by atoms with E-state index in [0.717, 1.165) is 11.0 Å².